The number of hydrogen-bond donors (Lipinski definition) is 0. The molecule has 0 unspecified atom stereocenters. The first kappa shape index (κ1) is 20.5. The molecule has 2 rings (SSSR count). The summed E-state index contributed by atoms with van der Waals surface area (Å²) in [6, 6.07) is 8.06. The van der Waals surface area contributed by atoms with E-state index in [1.807, 2.05) is 18.2 Å². The van der Waals surface area contributed by atoms with E-state index in [0.29, 0.717) is 34.7 Å². The molecule has 0 aliphatic carbocycles. The summed E-state index contributed by atoms with van der Waals surface area (Å²) < 4.78 is 6.38. The topological polar surface area (TPSA) is 64.4 Å². The molecule has 0 spiro atoms. The Balaban J connectivity index is 2.39. The molecule has 0 radical (unpaired) electrons. The molecule has 6 nitrogen and oxygen atoms in total. The van der Waals surface area contributed by atoms with Gasteiger partial charge < -0.3 is 4.74 Å². The fourth-order valence-electron chi connectivity index (χ4n) is 2.97. The van der Waals surface area contributed by atoms with Crippen LogP contribution in [0.25, 0.3) is 10.9 Å². The predicted molar refractivity (Wildman–Crippen MR) is 106 cm³/mol. The Hall–Kier alpha value is -1.86. The van der Waals surface area contributed by atoms with Crippen molar-refractivity contribution in [2.75, 3.05) is 19.4 Å². The van der Waals surface area contributed by atoms with Crippen LogP contribution in [0.5, 0.6) is 0 Å². The lowest BCUT2D eigenvalue weighted by Crippen LogP contribution is -2.40. The quantitative estimate of drug-likeness (QED) is 0.400. The van der Waals surface area contributed by atoms with Gasteiger partial charge in [-0.15, -0.1) is 0 Å². The van der Waals surface area contributed by atoms with Crippen LogP contribution in [-0.4, -0.2) is 51.9 Å². The Morgan fingerprint density at radius 2 is 1.88 bits per heavy atom. The maximum atomic E-state index is 13.0. The summed E-state index contributed by atoms with van der Waals surface area (Å²) in [5.74, 6) is -0.214. The van der Waals surface area contributed by atoms with Gasteiger partial charge in [0.2, 0.25) is 0 Å². The third-order valence-corrected chi connectivity index (χ3v) is 5.23. The summed E-state index contributed by atoms with van der Waals surface area (Å²) >= 11 is 1.24. The van der Waals surface area contributed by atoms with Crippen LogP contribution < -0.4 is 5.56 Å². The Morgan fingerprint density at radius 3 is 2.50 bits per heavy atom. The lowest BCUT2D eigenvalue weighted by molar-refractivity contribution is -0.137. The Kier molecular flexibility index (Phi) is 7.23. The van der Waals surface area contributed by atoms with Gasteiger partial charge in [0, 0.05) is 25.2 Å². The summed E-state index contributed by atoms with van der Waals surface area (Å²) in [5, 5.41) is 1.14. The summed E-state index contributed by atoms with van der Waals surface area (Å²) in [6.07, 6.45) is 0. The number of carbonyl (C=O) groups is 1. The molecule has 0 bridgehead atoms. The van der Waals surface area contributed by atoms with Gasteiger partial charge in [-0.1, -0.05) is 23.9 Å². The average Bonchev–Trinajstić information content (AvgIpc) is 2.61. The number of esters is 1. The Bertz CT molecular complexity index is 809. The maximum absolute atomic E-state index is 13.0. The average molecular weight is 378 g/mol. The van der Waals surface area contributed by atoms with E-state index in [4.69, 9.17) is 4.74 Å². The zero-order valence-electron chi connectivity index (χ0n) is 16.1. The van der Waals surface area contributed by atoms with E-state index >= 15 is 0 Å². The van der Waals surface area contributed by atoms with Gasteiger partial charge in [0.1, 0.15) is 0 Å². The molecule has 1 aromatic carbocycles. The van der Waals surface area contributed by atoms with Crippen LogP contribution in [-0.2, 0) is 16.1 Å². The summed E-state index contributed by atoms with van der Waals surface area (Å²) in [5.41, 5.74) is 0.570. The lowest BCUT2D eigenvalue weighted by atomic mass is 10.2. The molecule has 26 heavy (non-hydrogen) atoms. The molecular weight excluding hydrogens is 350 g/mol. The van der Waals surface area contributed by atoms with Gasteiger partial charge in [-0.3, -0.25) is 19.1 Å². The fourth-order valence-corrected chi connectivity index (χ4v) is 3.82. The number of methoxy groups -OCH3 is 1. The minimum absolute atomic E-state index is 0.0737. The predicted octanol–water partition coefficient (Wildman–Crippen LogP) is 2.78. The highest BCUT2D eigenvalue weighted by Gasteiger charge is 2.17. The summed E-state index contributed by atoms with van der Waals surface area (Å²) in [4.78, 5) is 31.5. The van der Waals surface area contributed by atoms with Crippen molar-refractivity contribution in [3.8, 4) is 0 Å². The molecule has 142 valence electrons. The number of nitrogens with zero attached hydrogens (tertiary/aromatic N) is 3. The number of rotatable bonds is 8. The second-order valence-corrected chi connectivity index (χ2v) is 7.60. The molecule has 0 saturated carbocycles. The van der Waals surface area contributed by atoms with E-state index in [2.05, 4.69) is 37.6 Å². The third kappa shape index (κ3) is 4.86. The number of para-hydroxylation sites is 1. The van der Waals surface area contributed by atoms with Crippen molar-refractivity contribution in [3.63, 3.8) is 0 Å². The van der Waals surface area contributed by atoms with E-state index in [1.165, 1.54) is 18.9 Å². The fraction of sp³-hybridized carbons (Fsp3) is 0.526. The van der Waals surface area contributed by atoms with E-state index in [9.17, 15) is 9.59 Å². The van der Waals surface area contributed by atoms with Crippen LogP contribution in [0.2, 0.25) is 0 Å². The van der Waals surface area contributed by atoms with Crippen LogP contribution in [0, 0.1) is 0 Å². The molecule has 1 heterocycles. The maximum Gasteiger partial charge on any atom is 0.316 e. The highest BCUT2D eigenvalue weighted by molar-refractivity contribution is 7.99. The van der Waals surface area contributed by atoms with Gasteiger partial charge >= 0.3 is 5.97 Å². The van der Waals surface area contributed by atoms with Crippen molar-refractivity contribution >= 4 is 28.6 Å². The van der Waals surface area contributed by atoms with Gasteiger partial charge in [0.05, 0.1) is 23.8 Å². The number of fused-ring (bicyclic) bond motifs is 1. The molecule has 0 fully saturated rings. The zero-order valence-corrected chi connectivity index (χ0v) is 16.9. The molecule has 7 heteroatoms. The summed E-state index contributed by atoms with van der Waals surface area (Å²) in [6.45, 7) is 9.85. The first-order chi connectivity index (χ1) is 12.3. The standard InChI is InChI=1S/C19H27N3O3S/c1-13(2)21(14(3)4)10-11-22-18(24)15-8-6-7-9-16(15)20-19(22)26-12-17(23)25-5/h6-9,13-14H,10-12H2,1-5H3. The van der Waals surface area contributed by atoms with Crippen molar-refractivity contribution in [1.29, 1.82) is 0 Å². The van der Waals surface area contributed by atoms with Crippen LogP contribution in [0.15, 0.2) is 34.2 Å². The Morgan fingerprint density at radius 1 is 1.23 bits per heavy atom. The van der Waals surface area contributed by atoms with E-state index in [1.54, 1.807) is 10.6 Å². The van der Waals surface area contributed by atoms with Gasteiger partial charge in [0.15, 0.2) is 5.16 Å². The Labute approximate surface area is 158 Å². The van der Waals surface area contributed by atoms with Gasteiger partial charge in [-0.05, 0) is 39.8 Å². The normalized spacial score (nSPS) is 11.7. The SMILES string of the molecule is COC(=O)CSc1nc2ccccc2c(=O)n1CCN(C(C)C)C(C)C. The van der Waals surface area contributed by atoms with Crippen LogP contribution >= 0.6 is 11.8 Å². The van der Waals surface area contributed by atoms with Crippen molar-refractivity contribution in [1.82, 2.24) is 14.5 Å². The molecule has 0 amide bonds. The van der Waals surface area contributed by atoms with E-state index in [0.717, 1.165) is 6.54 Å². The van der Waals surface area contributed by atoms with Gasteiger partial charge in [-0.2, -0.15) is 0 Å². The molecule has 1 aromatic heterocycles. The number of thioether (sulfide) groups is 1. The first-order valence-electron chi connectivity index (χ1n) is 8.80. The number of carbonyl (C=O) groups excluding carboxylic acids is 1. The highest BCUT2D eigenvalue weighted by Crippen LogP contribution is 2.18. The molecule has 2 aromatic rings. The largest absolute Gasteiger partial charge is 0.468 e. The smallest absolute Gasteiger partial charge is 0.316 e. The molecule has 0 saturated heterocycles. The minimum atomic E-state index is -0.338. The third-order valence-electron chi connectivity index (χ3n) is 4.28. The molecule has 0 N–H and O–H groups in total. The molecule has 0 atom stereocenters. The molecular formula is C19H27N3O3S. The van der Waals surface area contributed by atoms with E-state index in [-0.39, 0.29) is 17.3 Å². The number of ether oxygens (including phenoxy) is 1. The van der Waals surface area contributed by atoms with Crippen molar-refractivity contribution in [2.24, 2.45) is 0 Å². The summed E-state index contributed by atoms with van der Waals surface area (Å²) in [7, 11) is 1.35. The number of hydrogen-bond acceptors (Lipinski definition) is 6. The zero-order chi connectivity index (χ0) is 19.3. The second-order valence-electron chi connectivity index (χ2n) is 6.66. The lowest BCUT2D eigenvalue weighted by Gasteiger charge is -2.30. The monoisotopic (exact) mass is 377 g/mol. The van der Waals surface area contributed by atoms with Crippen molar-refractivity contribution in [2.45, 2.75) is 51.5 Å². The minimum Gasteiger partial charge on any atom is -0.468 e. The van der Waals surface area contributed by atoms with Crippen LogP contribution in [0.4, 0.5) is 0 Å². The van der Waals surface area contributed by atoms with Gasteiger partial charge in [0.25, 0.3) is 5.56 Å². The van der Waals surface area contributed by atoms with Crippen molar-refractivity contribution < 1.29 is 9.53 Å². The van der Waals surface area contributed by atoms with Crippen LogP contribution in [0.1, 0.15) is 27.7 Å². The highest BCUT2D eigenvalue weighted by atomic mass is 32.2. The van der Waals surface area contributed by atoms with Gasteiger partial charge in [-0.25, -0.2) is 4.98 Å². The molecule has 0 aliphatic heterocycles. The first-order valence-corrected chi connectivity index (χ1v) is 9.78. The number of benzene rings is 1. The number of aromatic nitrogens is 2. The van der Waals surface area contributed by atoms with Crippen molar-refractivity contribution in [3.05, 3.63) is 34.6 Å². The molecule has 0 aliphatic rings. The van der Waals surface area contributed by atoms with E-state index < -0.39 is 0 Å². The van der Waals surface area contributed by atoms with Crippen LogP contribution in [0.3, 0.4) is 0 Å². The second kappa shape index (κ2) is 9.19.